The summed E-state index contributed by atoms with van der Waals surface area (Å²) < 4.78 is 6.47. The van der Waals surface area contributed by atoms with Gasteiger partial charge < -0.3 is 4.74 Å². The summed E-state index contributed by atoms with van der Waals surface area (Å²) in [6.07, 6.45) is 5.47. The van der Waals surface area contributed by atoms with Crippen molar-refractivity contribution in [2.45, 2.75) is 39.2 Å². The Bertz CT molecular complexity index is 876. The van der Waals surface area contributed by atoms with Crippen molar-refractivity contribution >= 4 is 29.1 Å². The molecule has 0 radical (unpaired) electrons. The van der Waals surface area contributed by atoms with E-state index in [1.807, 2.05) is 0 Å². The molecule has 0 saturated carbocycles. The van der Waals surface area contributed by atoms with Gasteiger partial charge in [-0.25, -0.2) is 9.97 Å². The number of hydrogen-bond donors (Lipinski definition) is 0. The molecule has 0 aromatic carbocycles. The average Bonchev–Trinajstić information content (AvgIpc) is 3.31. The molecule has 9 heteroatoms. The minimum absolute atomic E-state index is 0.115. The number of ether oxygens (including phenoxy) is 1. The second-order valence-corrected chi connectivity index (χ2v) is 7.33. The van der Waals surface area contributed by atoms with Crippen LogP contribution in [-0.4, -0.2) is 68.6 Å². The van der Waals surface area contributed by atoms with Crippen LogP contribution in [0.4, 0.5) is 0 Å². The van der Waals surface area contributed by atoms with Gasteiger partial charge >= 0.3 is 6.01 Å². The first kappa shape index (κ1) is 19.1. The molecule has 144 valence electrons. The third-order valence-electron chi connectivity index (χ3n) is 5.14. The molecule has 1 atom stereocenters. The lowest BCUT2D eigenvalue weighted by Crippen LogP contribution is -2.41. The van der Waals surface area contributed by atoms with Gasteiger partial charge in [-0.1, -0.05) is 13.8 Å². The van der Waals surface area contributed by atoms with E-state index in [4.69, 9.17) is 4.74 Å². The van der Waals surface area contributed by atoms with E-state index in [-0.39, 0.29) is 18.0 Å². The molecule has 1 saturated heterocycles. The van der Waals surface area contributed by atoms with Crippen molar-refractivity contribution in [2.24, 2.45) is 5.41 Å². The lowest BCUT2D eigenvalue weighted by molar-refractivity contribution is -0.136. The van der Waals surface area contributed by atoms with Crippen molar-refractivity contribution in [3.63, 3.8) is 0 Å². The number of Topliss-reactive ketones (excluding diaryl/α,β-unsaturated/α-hetero) is 1. The molecule has 3 heterocycles. The molecule has 9 nitrogen and oxygen atoms in total. The largest absolute Gasteiger partial charge is 0.467 e. The summed E-state index contributed by atoms with van der Waals surface area (Å²) in [5.74, 6) is -0.538. The van der Waals surface area contributed by atoms with Crippen LogP contribution >= 0.6 is 0 Å². The van der Waals surface area contributed by atoms with E-state index in [1.54, 1.807) is 13.8 Å². The number of ketones is 1. The van der Waals surface area contributed by atoms with Crippen LogP contribution < -0.4 is 4.74 Å². The van der Waals surface area contributed by atoms with E-state index < -0.39 is 11.2 Å². The summed E-state index contributed by atoms with van der Waals surface area (Å²) in [6, 6.07) is -0.139. The number of carbonyl (C=O) groups is 3. The summed E-state index contributed by atoms with van der Waals surface area (Å²) in [7, 11) is 1.46. The second kappa shape index (κ2) is 7.51. The number of rotatable bonds is 7. The second-order valence-electron chi connectivity index (χ2n) is 7.33. The molecule has 1 unspecified atom stereocenters. The van der Waals surface area contributed by atoms with Crippen LogP contribution in [0.5, 0.6) is 6.01 Å². The van der Waals surface area contributed by atoms with Gasteiger partial charge in [0.25, 0.3) is 5.91 Å². The number of fused-ring (bicyclic) bond motifs is 1. The van der Waals surface area contributed by atoms with Gasteiger partial charge in [-0.05, 0) is 32.4 Å². The number of hydrogen-bond acceptors (Lipinski definition) is 8. The zero-order valence-corrected chi connectivity index (χ0v) is 15.7. The monoisotopic (exact) mass is 373 g/mol. The Morgan fingerprint density at radius 1 is 1.37 bits per heavy atom. The van der Waals surface area contributed by atoms with Crippen molar-refractivity contribution < 1.29 is 19.1 Å². The molecule has 0 amide bonds. The number of methoxy groups -OCH3 is 1. The van der Waals surface area contributed by atoms with Gasteiger partial charge in [0, 0.05) is 5.41 Å². The van der Waals surface area contributed by atoms with Gasteiger partial charge in [0.2, 0.25) is 5.78 Å². The van der Waals surface area contributed by atoms with E-state index in [2.05, 4.69) is 19.9 Å². The summed E-state index contributed by atoms with van der Waals surface area (Å²) in [6.45, 7) is 4.84. The topological polar surface area (TPSA) is 107 Å². The molecule has 1 aliphatic rings. The molecule has 0 spiro atoms. The molecule has 2 aromatic rings. The van der Waals surface area contributed by atoms with Crippen molar-refractivity contribution in [1.82, 2.24) is 24.4 Å². The van der Waals surface area contributed by atoms with Crippen molar-refractivity contribution in [3.8, 4) is 6.01 Å². The first-order valence-electron chi connectivity index (χ1n) is 8.89. The van der Waals surface area contributed by atoms with Crippen LogP contribution in [-0.2, 0) is 9.59 Å². The van der Waals surface area contributed by atoms with Crippen LogP contribution in [0.2, 0.25) is 0 Å². The fourth-order valence-electron chi connectivity index (χ4n) is 3.29. The Kier molecular flexibility index (Phi) is 5.31. The highest BCUT2D eigenvalue weighted by molar-refractivity contribution is 6.27. The van der Waals surface area contributed by atoms with Gasteiger partial charge in [-0.15, -0.1) is 0 Å². The van der Waals surface area contributed by atoms with Crippen LogP contribution in [0.15, 0.2) is 12.5 Å². The van der Waals surface area contributed by atoms with Gasteiger partial charge in [-0.2, -0.15) is 4.98 Å². The maximum absolute atomic E-state index is 13.1. The molecule has 3 rings (SSSR count). The van der Waals surface area contributed by atoms with Crippen LogP contribution in [0.3, 0.4) is 0 Å². The standard InChI is InChI=1S/C18H23N5O4/c1-18(2,14(25)10-24)6-8-22-7-4-5-13(22)16(26)23-11-20-12-9-19-17(27-3)21-15(12)23/h9-11,13H,4-8H2,1-3H3. The quantitative estimate of drug-likeness (QED) is 0.525. The first-order chi connectivity index (χ1) is 12.9. The predicted molar refractivity (Wildman–Crippen MR) is 96.6 cm³/mol. The minimum Gasteiger partial charge on any atom is -0.467 e. The number of nitrogens with zero attached hydrogens (tertiary/aromatic N) is 5. The Labute approximate surface area is 156 Å². The van der Waals surface area contributed by atoms with E-state index in [0.29, 0.717) is 30.4 Å². The van der Waals surface area contributed by atoms with E-state index in [1.165, 1.54) is 24.2 Å². The van der Waals surface area contributed by atoms with E-state index in [0.717, 1.165) is 19.4 Å². The molecular weight excluding hydrogens is 350 g/mol. The number of imidazole rings is 1. The SMILES string of the molecule is COc1ncc2ncn(C(=O)C3CCCN3CCC(C)(C)C(=O)C=O)c2n1. The van der Waals surface area contributed by atoms with Crippen molar-refractivity contribution in [3.05, 3.63) is 12.5 Å². The van der Waals surface area contributed by atoms with Gasteiger partial charge in [0.1, 0.15) is 11.8 Å². The summed E-state index contributed by atoms with van der Waals surface area (Å²) in [4.78, 5) is 50.1. The third-order valence-corrected chi connectivity index (χ3v) is 5.14. The summed E-state index contributed by atoms with van der Waals surface area (Å²) >= 11 is 0. The summed E-state index contributed by atoms with van der Waals surface area (Å²) in [5, 5.41) is 0. The average molecular weight is 373 g/mol. The molecule has 1 aliphatic heterocycles. The maximum atomic E-state index is 13.1. The van der Waals surface area contributed by atoms with Crippen molar-refractivity contribution in [1.29, 1.82) is 0 Å². The highest BCUT2D eigenvalue weighted by Gasteiger charge is 2.35. The minimum atomic E-state index is -0.736. The maximum Gasteiger partial charge on any atom is 0.318 e. The van der Waals surface area contributed by atoms with E-state index in [9.17, 15) is 14.4 Å². The van der Waals surface area contributed by atoms with Crippen molar-refractivity contribution in [2.75, 3.05) is 20.2 Å². The third kappa shape index (κ3) is 3.73. The molecule has 2 aromatic heterocycles. The number of carbonyl (C=O) groups excluding carboxylic acids is 3. The lowest BCUT2D eigenvalue weighted by Gasteiger charge is -2.27. The highest BCUT2D eigenvalue weighted by atomic mass is 16.5. The zero-order chi connectivity index (χ0) is 19.6. The highest BCUT2D eigenvalue weighted by Crippen LogP contribution is 2.26. The van der Waals surface area contributed by atoms with Crippen LogP contribution in [0.25, 0.3) is 11.2 Å². The number of aldehydes is 1. The number of aromatic nitrogens is 4. The molecule has 0 bridgehead atoms. The molecule has 0 N–H and O–H groups in total. The fourth-order valence-corrected chi connectivity index (χ4v) is 3.29. The van der Waals surface area contributed by atoms with Gasteiger partial charge in [0.15, 0.2) is 11.9 Å². The normalized spacial score (nSPS) is 18.0. The Balaban J connectivity index is 1.78. The fraction of sp³-hybridized carbons (Fsp3) is 0.556. The first-order valence-corrected chi connectivity index (χ1v) is 8.89. The lowest BCUT2D eigenvalue weighted by atomic mass is 9.85. The van der Waals surface area contributed by atoms with Gasteiger partial charge in [0.05, 0.1) is 19.3 Å². The van der Waals surface area contributed by atoms with Crippen LogP contribution in [0.1, 0.15) is 37.9 Å². The molecule has 27 heavy (non-hydrogen) atoms. The van der Waals surface area contributed by atoms with E-state index >= 15 is 0 Å². The Morgan fingerprint density at radius 3 is 2.85 bits per heavy atom. The Morgan fingerprint density at radius 2 is 2.15 bits per heavy atom. The molecular formula is C18H23N5O4. The molecule has 0 aliphatic carbocycles. The zero-order valence-electron chi connectivity index (χ0n) is 15.7. The predicted octanol–water partition coefficient (Wildman–Crippen LogP) is 1.12. The number of likely N-dealkylation sites (tertiary alicyclic amines) is 1. The Hall–Kier alpha value is -2.68. The molecule has 1 fully saturated rings. The van der Waals surface area contributed by atoms with Gasteiger partial charge in [-0.3, -0.25) is 23.9 Å². The summed E-state index contributed by atoms with van der Waals surface area (Å²) in [5.41, 5.74) is 0.196. The smallest absolute Gasteiger partial charge is 0.318 e. The van der Waals surface area contributed by atoms with Crippen LogP contribution in [0, 0.1) is 5.41 Å².